The Morgan fingerprint density at radius 3 is 2.52 bits per heavy atom. The van der Waals surface area contributed by atoms with Crippen LogP contribution < -0.4 is 5.09 Å². The van der Waals surface area contributed by atoms with Crippen molar-refractivity contribution in [2.45, 2.75) is 33.0 Å². The lowest BCUT2D eigenvalue weighted by Crippen LogP contribution is -2.22. The minimum atomic E-state index is -2.87. The number of para-hydroxylation sites is 1. The molecule has 0 aliphatic heterocycles. The fraction of sp³-hybridized carbons (Fsp3) is 0.316. The molecule has 1 atom stereocenters. The summed E-state index contributed by atoms with van der Waals surface area (Å²) in [5.41, 5.74) is 3.09. The van der Waals surface area contributed by atoms with Gasteiger partial charge in [-0.25, -0.2) is 10.1 Å². The molecular formula is C19H23N2O2PS. The molecule has 1 heterocycles. The Bertz CT molecular complexity index is 857. The Morgan fingerprint density at radius 1 is 1.16 bits per heavy atom. The van der Waals surface area contributed by atoms with Crippen LogP contribution in [0.5, 0.6) is 0 Å². The van der Waals surface area contributed by atoms with E-state index in [0.29, 0.717) is 12.8 Å². The maximum atomic E-state index is 12.9. The molecule has 2 aromatic carbocycles. The molecule has 1 N–H and O–H groups in total. The first-order valence-corrected chi connectivity index (χ1v) is 11.1. The van der Waals surface area contributed by atoms with Gasteiger partial charge in [-0.2, -0.15) is 0 Å². The van der Waals surface area contributed by atoms with E-state index in [1.54, 1.807) is 11.3 Å². The number of fused-ring (bicyclic) bond motifs is 1. The molecule has 3 aromatic rings. The third-order valence-corrected chi connectivity index (χ3v) is 7.13. The summed E-state index contributed by atoms with van der Waals surface area (Å²) in [4.78, 5) is 4.68. The molecule has 0 spiro atoms. The molecule has 4 nitrogen and oxygen atoms in total. The molecule has 3 rings (SSSR count). The summed E-state index contributed by atoms with van der Waals surface area (Å²) >= 11 is 1.68. The summed E-state index contributed by atoms with van der Waals surface area (Å²) in [6.45, 7) is 6.25. The number of nitrogens with one attached hydrogen (secondary N) is 1. The average molecular weight is 374 g/mol. The van der Waals surface area contributed by atoms with Crippen molar-refractivity contribution in [1.29, 1.82) is 0 Å². The standard InChI is InChI=1S/C19H23N2O2PS/c1-4-23-24(22,21-14(2)3)13-15-9-11-16(12-10-15)19-20-17-7-5-6-8-18(17)25-19/h5-12,14H,4,13H2,1-3H3,(H,21,22). The molecule has 0 aliphatic carbocycles. The van der Waals surface area contributed by atoms with Crippen LogP contribution >= 0.6 is 18.9 Å². The molecular weight excluding hydrogens is 351 g/mol. The minimum absolute atomic E-state index is 0.111. The predicted molar refractivity (Wildman–Crippen MR) is 106 cm³/mol. The van der Waals surface area contributed by atoms with Crippen molar-refractivity contribution in [3.05, 3.63) is 54.1 Å². The lowest BCUT2D eigenvalue weighted by Gasteiger charge is -2.21. The van der Waals surface area contributed by atoms with Crippen LogP contribution in [-0.4, -0.2) is 17.6 Å². The molecule has 0 amide bonds. The molecule has 0 saturated heterocycles. The molecule has 0 radical (unpaired) electrons. The highest BCUT2D eigenvalue weighted by Crippen LogP contribution is 2.46. The molecule has 0 aliphatic rings. The normalized spacial score (nSPS) is 14.1. The van der Waals surface area contributed by atoms with Crippen LogP contribution in [0.15, 0.2) is 48.5 Å². The minimum Gasteiger partial charge on any atom is -0.318 e. The molecule has 0 saturated carbocycles. The zero-order valence-electron chi connectivity index (χ0n) is 14.7. The van der Waals surface area contributed by atoms with E-state index < -0.39 is 7.52 Å². The third-order valence-electron chi connectivity index (χ3n) is 3.68. The number of hydrogen-bond acceptors (Lipinski definition) is 4. The van der Waals surface area contributed by atoms with Gasteiger partial charge >= 0.3 is 0 Å². The molecule has 132 valence electrons. The van der Waals surface area contributed by atoms with Crippen LogP contribution in [0.25, 0.3) is 20.8 Å². The van der Waals surface area contributed by atoms with Crippen molar-refractivity contribution in [2.75, 3.05) is 6.61 Å². The van der Waals surface area contributed by atoms with Gasteiger partial charge in [-0.1, -0.05) is 36.4 Å². The topological polar surface area (TPSA) is 51.2 Å². The van der Waals surface area contributed by atoms with E-state index in [-0.39, 0.29) is 6.04 Å². The maximum absolute atomic E-state index is 12.9. The van der Waals surface area contributed by atoms with Gasteiger partial charge in [0.2, 0.25) is 0 Å². The molecule has 1 aromatic heterocycles. The third kappa shape index (κ3) is 4.56. The van der Waals surface area contributed by atoms with Crippen molar-refractivity contribution < 1.29 is 9.09 Å². The zero-order valence-corrected chi connectivity index (χ0v) is 16.4. The van der Waals surface area contributed by atoms with Crippen LogP contribution in [0.4, 0.5) is 0 Å². The van der Waals surface area contributed by atoms with Gasteiger partial charge in [0.1, 0.15) is 5.01 Å². The van der Waals surface area contributed by atoms with Crippen molar-refractivity contribution >= 4 is 29.1 Å². The van der Waals surface area contributed by atoms with Gasteiger partial charge < -0.3 is 4.52 Å². The Balaban J connectivity index is 1.80. The predicted octanol–water partition coefficient (Wildman–Crippen LogP) is 5.69. The first-order chi connectivity index (χ1) is 12.0. The van der Waals surface area contributed by atoms with Gasteiger partial charge in [0, 0.05) is 11.6 Å². The lowest BCUT2D eigenvalue weighted by molar-refractivity contribution is 0.320. The monoisotopic (exact) mass is 374 g/mol. The molecule has 1 unspecified atom stereocenters. The summed E-state index contributed by atoms with van der Waals surface area (Å²) < 4.78 is 19.6. The van der Waals surface area contributed by atoms with E-state index in [4.69, 9.17) is 4.52 Å². The van der Waals surface area contributed by atoms with Crippen LogP contribution in [0, 0.1) is 0 Å². The summed E-state index contributed by atoms with van der Waals surface area (Å²) in [7, 11) is -2.87. The summed E-state index contributed by atoms with van der Waals surface area (Å²) in [6.07, 6.45) is 0.388. The molecule has 0 bridgehead atoms. The number of nitrogens with zero attached hydrogens (tertiary/aromatic N) is 1. The van der Waals surface area contributed by atoms with E-state index in [0.717, 1.165) is 21.7 Å². The van der Waals surface area contributed by atoms with E-state index in [2.05, 4.69) is 16.1 Å². The summed E-state index contributed by atoms with van der Waals surface area (Å²) in [5, 5.41) is 4.09. The highest BCUT2D eigenvalue weighted by Gasteiger charge is 2.24. The molecule has 25 heavy (non-hydrogen) atoms. The van der Waals surface area contributed by atoms with Gasteiger partial charge in [-0.3, -0.25) is 4.57 Å². The Labute approximate surface area is 152 Å². The zero-order chi connectivity index (χ0) is 17.9. The highest BCUT2D eigenvalue weighted by molar-refractivity contribution is 7.56. The number of hydrogen-bond donors (Lipinski definition) is 1. The first-order valence-electron chi connectivity index (χ1n) is 8.45. The molecule has 6 heteroatoms. The van der Waals surface area contributed by atoms with Crippen molar-refractivity contribution in [2.24, 2.45) is 0 Å². The summed E-state index contributed by atoms with van der Waals surface area (Å²) in [5.74, 6) is 0. The Hall–Kier alpha value is -1.52. The second-order valence-corrected chi connectivity index (χ2v) is 9.43. The quantitative estimate of drug-likeness (QED) is 0.540. The van der Waals surface area contributed by atoms with Crippen molar-refractivity contribution in [3.8, 4) is 10.6 Å². The van der Waals surface area contributed by atoms with E-state index in [1.807, 2.05) is 63.2 Å². The maximum Gasteiger partial charge on any atom is 0.274 e. The van der Waals surface area contributed by atoms with E-state index in [9.17, 15) is 4.57 Å². The average Bonchev–Trinajstić information content (AvgIpc) is 2.98. The smallest absolute Gasteiger partial charge is 0.274 e. The number of benzene rings is 2. The van der Waals surface area contributed by atoms with Crippen LogP contribution in [0.2, 0.25) is 0 Å². The van der Waals surface area contributed by atoms with Gasteiger partial charge in [0.15, 0.2) is 0 Å². The van der Waals surface area contributed by atoms with Gasteiger partial charge in [0.05, 0.1) is 23.0 Å². The Kier molecular flexibility index (Phi) is 5.70. The Morgan fingerprint density at radius 2 is 1.88 bits per heavy atom. The van der Waals surface area contributed by atoms with E-state index in [1.165, 1.54) is 4.70 Å². The van der Waals surface area contributed by atoms with Gasteiger partial charge in [0.25, 0.3) is 7.52 Å². The lowest BCUT2D eigenvalue weighted by atomic mass is 10.2. The van der Waals surface area contributed by atoms with Crippen LogP contribution in [-0.2, 0) is 15.3 Å². The molecule has 0 fully saturated rings. The van der Waals surface area contributed by atoms with Crippen molar-refractivity contribution in [1.82, 2.24) is 10.1 Å². The SMILES string of the molecule is CCOP(=O)(Cc1ccc(-c2nc3ccccc3s2)cc1)NC(C)C. The first kappa shape index (κ1) is 18.3. The number of thiazole rings is 1. The largest absolute Gasteiger partial charge is 0.318 e. The fourth-order valence-corrected chi connectivity index (χ4v) is 5.84. The van der Waals surface area contributed by atoms with Gasteiger partial charge in [-0.15, -0.1) is 11.3 Å². The highest BCUT2D eigenvalue weighted by atomic mass is 32.1. The van der Waals surface area contributed by atoms with Crippen LogP contribution in [0.3, 0.4) is 0 Å². The van der Waals surface area contributed by atoms with E-state index >= 15 is 0 Å². The number of aromatic nitrogens is 1. The summed E-state index contributed by atoms with van der Waals surface area (Å²) in [6, 6.07) is 16.4. The second kappa shape index (κ2) is 7.79. The second-order valence-electron chi connectivity index (χ2n) is 6.22. The van der Waals surface area contributed by atoms with Crippen LogP contribution in [0.1, 0.15) is 26.3 Å². The number of rotatable bonds is 7. The van der Waals surface area contributed by atoms with Gasteiger partial charge in [-0.05, 0) is 38.5 Å². The fourth-order valence-electron chi connectivity index (χ4n) is 2.72. The van der Waals surface area contributed by atoms with Crippen molar-refractivity contribution in [3.63, 3.8) is 0 Å².